The smallest absolute Gasteiger partial charge is 0.0930 e. The van der Waals surface area contributed by atoms with Gasteiger partial charge in [-0.3, -0.25) is 0 Å². The first-order valence-corrected chi connectivity index (χ1v) is 6.22. The molecule has 14 heavy (non-hydrogen) atoms. The predicted octanol–water partition coefficient (Wildman–Crippen LogP) is 2.59. The number of nitrogens with one attached hydrogen (secondary N) is 1. The van der Waals surface area contributed by atoms with Crippen molar-refractivity contribution in [1.82, 2.24) is 10.3 Å². The van der Waals surface area contributed by atoms with Crippen LogP contribution in [-0.4, -0.2) is 11.0 Å². The lowest BCUT2D eigenvalue weighted by molar-refractivity contribution is 0.593. The number of hydrogen-bond donors (Lipinski definition) is 1. The van der Waals surface area contributed by atoms with Crippen LogP contribution in [0.3, 0.4) is 0 Å². The quantitative estimate of drug-likeness (QED) is 0.808. The monoisotopic (exact) mass is 210 g/mol. The van der Waals surface area contributed by atoms with Crippen molar-refractivity contribution in [2.24, 2.45) is 5.92 Å². The number of nitrogens with zero attached hydrogens (tertiary/aromatic N) is 1. The Bertz CT molecular complexity index is 289. The molecule has 1 aromatic heterocycles. The first-order valence-electron chi connectivity index (χ1n) is 5.41. The van der Waals surface area contributed by atoms with Crippen LogP contribution in [0.5, 0.6) is 0 Å². The van der Waals surface area contributed by atoms with Gasteiger partial charge in [0, 0.05) is 30.1 Å². The normalized spacial score (nSPS) is 16.5. The van der Waals surface area contributed by atoms with Crippen molar-refractivity contribution >= 4 is 11.3 Å². The molecule has 1 saturated carbocycles. The van der Waals surface area contributed by atoms with E-state index in [1.54, 1.807) is 0 Å². The molecule has 1 fully saturated rings. The standard InChI is InChI=1S/C11H18N2S/c1-8(2)12-6-10-7-13-11(14-10)5-9-3-4-9/h7-9,12H,3-6H2,1-2H3. The van der Waals surface area contributed by atoms with Crippen LogP contribution < -0.4 is 5.32 Å². The van der Waals surface area contributed by atoms with Crippen LogP contribution in [0, 0.1) is 5.92 Å². The Morgan fingerprint density at radius 3 is 3.00 bits per heavy atom. The molecule has 78 valence electrons. The maximum absolute atomic E-state index is 4.45. The first kappa shape index (κ1) is 10.1. The molecule has 0 amide bonds. The van der Waals surface area contributed by atoms with Crippen LogP contribution in [-0.2, 0) is 13.0 Å². The largest absolute Gasteiger partial charge is 0.310 e. The van der Waals surface area contributed by atoms with Gasteiger partial charge in [0.15, 0.2) is 0 Å². The summed E-state index contributed by atoms with van der Waals surface area (Å²) in [5.41, 5.74) is 0. The average molecular weight is 210 g/mol. The van der Waals surface area contributed by atoms with Gasteiger partial charge in [0.1, 0.15) is 0 Å². The van der Waals surface area contributed by atoms with Gasteiger partial charge in [0.05, 0.1) is 5.01 Å². The summed E-state index contributed by atoms with van der Waals surface area (Å²) in [5.74, 6) is 0.951. The van der Waals surface area contributed by atoms with Crippen LogP contribution in [0.1, 0.15) is 36.6 Å². The molecule has 0 bridgehead atoms. The molecule has 2 nitrogen and oxygen atoms in total. The molecule has 0 unspecified atom stereocenters. The van der Waals surface area contributed by atoms with E-state index >= 15 is 0 Å². The highest BCUT2D eigenvalue weighted by molar-refractivity contribution is 7.11. The lowest BCUT2D eigenvalue weighted by Gasteiger charge is -2.04. The van der Waals surface area contributed by atoms with Crippen molar-refractivity contribution in [3.05, 3.63) is 16.1 Å². The van der Waals surface area contributed by atoms with E-state index in [-0.39, 0.29) is 0 Å². The Balaban J connectivity index is 1.82. The summed E-state index contributed by atoms with van der Waals surface area (Å²) in [6.07, 6.45) is 6.07. The molecule has 1 aromatic rings. The Morgan fingerprint density at radius 1 is 1.57 bits per heavy atom. The van der Waals surface area contributed by atoms with Crippen molar-refractivity contribution in [2.45, 2.75) is 45.7 Å². The minimum absolute atomic E-state index is 0.559. The molecule has 1 aliphatic rings. The summed E-state index contributed by atoms with van der Waals surface area (Å²) in [6.45, 7) is 5.32. The number of rotatable bonds is 5. The maximum Gasteiger partial charge on any atom is 0.0930 e. The number of hydrogen-bond acceptors (Lipinski definition) is 3. The summed E-state index contributed by atoms with van der Waals surface area (Å²) in [6, 6.07) is 0.559. The minimum Gasteiger partial charge on any atom is -0.310 e. The van der Waals surface area contributed by atoms with E-state index < -0.39 is 0 Å². The van der Waals surface area contributed by atoms with Crippen LogP contribution in [0.15, 0.2) is 6.20 Å². The van der Waals surface area contributed by atoms with Gasteiger partial charge in [0.25, 0.3) is 0 Å². The summed E-state index contributed by atoms with van der Waals surface area (Å²) in [4.78, 5) is 5.82. The highest BCUT2D eigenvalue weighted by atomic mass is 32.1. The topological polar surface area (TPSA) is 24.9 Å². The van der Waals surface area contributed by atoms with Crippen LogP contribution >= 0.6 is 11.3 Å². The van der Waals surface area contributed by atoms with E-state index in [0.717, 1.165) is 12.5 Å². The molecule has 2 rings (SSSR count). The molecule has 0 saturated heterocycles. The van der Waals surface area contributed by atoms with Crippen molar-refractivity contribution in [1.29, 1.82) is 0 Å². The molecule has 1 heterocycles. The molecule has 1 N–H and O–H groups in total. The highest BCUT2D eigenvalue weighted by Gasteiger charge is 2.22. The van der Waals surface area contributed by atoms with Gasteiger partial charge in [0.2, 0.25) is 0 Å². The summed E-state index contributed by atoms with van der Waals surface area (Å²) < 4.78 is 0. The van der Waals surface area contributed by atoms with Crippen molar-refractivity contribution < 1.29 is 0 Å². The van der Waals surface area contributed by atoms with E-state index in [1.165, 1.54) is 29.1 Å². The lowest BCUT2D eigenvalue weighted by Crippen LogP contribution is -2.21. The van der Waals surface area contributed by atoms with Crippen LogP contribution in [0.25, 0.3) is 0 Å². The Labute approximate surface area is 89.8 Å². The van der Waals surface area contributed by atoms with Crippen LogP contribution in [0.4, 0.5) is 0 Å². The van der Waals surface area contributed by atoms with Crippen molar-refractivity contribution in [2.75, 3.05) is 0 Å². The zero-order valence-corrected chi connectivity index (χ0v) is 9.73. The van der Waals surface area contributed by atoms with Crippen molar-refractivity contribution in [3.63, 3.8) is 0 Å². The van der Waals surface area contributed by atoms with E-state index in [0.29, 0.717) is 6.04 Å². The molecule has 1 aliphatic carbocycles. The number of thiazole rings is 1. The third-order valence-electron chi connectivity index (χ3n) is 2.45. The highest BCUT2D eigenvalue weighted by Crippen LogP contribution is 2.33. The van der Waals surface area contributed by atoms with E-state index in [2.05, 4.69) is 24.1 Å². The second kappa shape index (κ2) is 4.41. The molecule has 0 aromatic carbocycles. The Morgan fingerprint density at radius 2 is 2.36 bits per heavy atom. The van der Waals surface area contributed by atoms with Gasteiger partial charge in [-0.05, 0) is 18.8 Å². The SMILES string of the molecule is CC(C)NCc1cnc(CC2CC2)s1. The van der Waals surface area contributed by atoms with Gasteiger partial charge >= 0.3 is 0 Å². The second-order valence-electron chi connectivity index (χ2n) is 4.40. The number of aromatic nitrogens is 1. The molecular weight excluding hydrogens is 192 g/mol. The lowest BCUT2D eigenvalue weighted by atomic mass is 10.3. The molecule has 3 heteroatoms. The Hall–Kier alpha value is -0.410. The van der Waals surface area contributed by atoms with Gasteiger partial charge in [-0.15, -0.1) is 11.3 Å². The van der Waals surface area contributed by atoms with Crippen molar-refractivity contribution in [3.8, 4) is 0 Å². The fourth-order valence-electron chi connectivity index (χ4n) is 1.40. The third-order valence-corrected chi connectivity index (χ3v) is 3.47. The zero-order valence-electron chi connectivity index (χ0n) is 8.92. The summed E-state index contributed by atoms with van der Waals surface area (Å²) in [7, 11) is 0. The van der Waals surface area contributed by atoms with Gasteiger partial charge in [-0.1, -0.05) is 13.8 Å². The van der Waals surface area contributed by atoms with Gasteiger partial charge < -0.3 is 5.32 Å². The molecule has 0 radical (unpaired) electrons. The minimum atomic E-state index is 0.559. The van der Waals surface area contributed by atoms with E-state index in [1.807, 2.05) is 17.5 Å². The fourth-order valence-corrected chi connectivity index (χ4v) is 2.39. The van der Waals surface area contributed by atoms with Gasteiger partial charge in [-0.25, -0.2) is 4.98 Å². The van der Waals surface area contributed by atoms with E-state index in [4.69, 9.17) is 0 Å². The third kappa shape index (κ3) is 3.07. The molecular formula is C11H18N2S. The first-order chi connectivity index (χ1) is 6.74. The summed E-state index contributed by atoms with van der Waals surface area (Å²) in [5, 5.41) is 4.74. The Kier molecular flexibility index (Phi) is 3.19. The molecule has 0 spiro atoms. The zero-order chi connectivity index (χ0) is 9.97. The van der Waals surface area contributed by atoms with Crippen LogP contribution in [0.2, 0.25) is 0 Å². The van der Waals surface area contributed by atoms with Gasteiger partial charge in [-0.2, -0.15) is 0 Å². The molecule has 0 atom stereocenters. The fraction of sp³-hybridized carbons (Fsp3) is 0.727. The van der Waals surface area contributed by atoms with E-state index in [9.17, 15) is 0 Å². The maximum atomic E-state index is 4.45. The second-order valence-corrected chi connectivity index (χ2v) is 5.60. The summed E-state index contributed by atoms with van der Waals surface area (Å²) >= 11 is 1.87. The molecule has 0 aliphatic heterocycles. The predicted molar refractivity (Wildman–Crippen MR) is 60.5 cm³/mol. The average Bonchev–Trinajstić information content (AvgIpc) is 2.81.